The Morgan fingerprint density at radius 3 is 2.15 bits per heavy atom. The Bertz CT molecular complexity index is 159. The number of rotatable bonds is 6. The van der Waals surface area contributed by atoms with Gasteiger partial charge < -0.3 is 25.7 Å². The quantitative estimate of drug-likeness (QED) is 0.305. The topological polar surface area (TPSA) is 110 Å². The van der Waals surface area contributed by atoms with Gasteiger partial charge >= 0.3 is 0 Å². The van der Waals surface area contributed by atoms with Gasteiger partial charge in [-0.05, 0) is 7.05 Å². The maximum atomic E-state index is 11.2. The van der Waals surface area contributed by atoms with Gasteiger partial charge in [0.2, 0.25) is 0 Å². The molecule has 0 saturated carbocycles. The summed E-state index contributed by atoms with van der Waals surface area (Å²) in [7, 11) is 1.44. The minimum atomic E-state index is -1.67. The SMILES string of the molecule is CN[C@H](CO)C(=O)[C@@H](O)[C@@H](O)CO. The Hall–Kier alpha value is -0.530. The zero-order chi connectivity index (χ0) is 10.4. The fourth-order valence-corrected chi connectivity index (χ4v) is 0.819. The number of hydrogen-bond donors (Lipinski definition) is 5. The Morgan fingerprint density at radius 1 is 1.31 bits per heavy atom. The van der Waals surface area contributed by atoms with Gasteiger partial charge in [-0.15, -0.1) is 0 Å². The van der Waals surface area contributed by atoms with Crippen molar-refractivity contribution in [2.75, 3.05) is 20.3 Å². The van der Waals surface area contributed by atoms with E-state index in [0.717, 1.165) is 0 Å². The molecule has 78 valence electrons. The van der Waals surface area contributed by atoms with Crippen LogP contribution in [0.25, 0.3) is 0 Å². The Labute approximate surface area is 75.8 Å². The average molecular weight is 193 g/mol. The zero-order valence-corrected chi connectivity index (χ0v) is 7.34. The first-order valence-corrected chi connectivity index (χ1v) is 3.87. The van der Waals surface area contributed by atoms with E-state index in [2.05, 4.69) is 5.32 Å². The van der Waals surface area contributed by atoms with Gasteiger partial charge in [0.15, 0.2) is 5.78 Å². The lowest BCUT2D eigenvalue weighted by molar-refractivity contribution is -0.137. The molecular formula is C7H15NO5. The number of Topliss-reactive ketones (excluding diaryl/α,β-unsaturated/α-hetero) is 1. The predicted molar refractivity (Wildman–Crippen MR) is 44.0 cm³/mol. The van der Waals surface area contributed by atoms with Crippen LogP contribution in [0, 0.1) is 0 Å². The molecule has 6 heteroatoms. The molecule has 0 radical (unpaired) electrons. The molecule has 0 heterocycles. The Balaban J connectivity index is 4.22. The standard InChI is InChI=1S/C7H15NO5/c1-8-4(2-9)6(12)7(13)5(11)3-10/h4-5,7-11,13H,2-3H2,1H3/t4-,5+,7+/m1/s1. The van der Waals surface area contributed by atoms with Crippen LogP contribution in [-0.4, -0.2) is 64.7 Å². The van der Waals surface area contributed by atoms with Crippen molar-refractivity contribution in [3.63, 3.8) is 0 Å². The molecule has 0 fully saturated rings. The van der Waals surface area contributed by atoms with Gasteiger partial charge in [0.05, 0.1) is 19.3 Å². The van der Waals surface area contributed by atoms with Crippen LogP contribution in [0.4, 0.5) is 0 Å². The number of ketones is 1. The van der Waals surface area contributed by atoms with E-state index in [-0.39, 0.29) is 0 Å². The molecule has 0 unspecified atom stereocenters. The molecule has 0 aromatic rings. The van der Waals surface area contributed by atoms with Crippen molar-refractivity contribution in [3.05, 3.63) is 0 Å². The molecule has 0 aromatic carbocycles. The van der Waals surface area contributed by atoms with Gasteiger partial charge in [0.25, 0.3) is 0 Å². The van der Waals surface area contributed by atoms with Gasteiger partial charge in [-0.25, -0.2) is 0 Å². The molecule has 6 nitrogen and oxygen atoms in total. The number of aliphatic hydroxyl groups is 4. The van der Waals surface area contributed by atoms with Crippen LogP contribution in [0.5, 0.6) is 0 Å². The molecule has 0 spiro atoms. The third-order valence-electron chi connectivity index (χ3n) is 1.72. The highest BCUT2D eigenvalue weighted by Gasteiger charge is 2.28. The van der Waals surface area contributed by atoms with Gasteiger partial charge in [0.1, 0.15) is 12.2 Å². The van der Waals surface area contributed by atoms with E-state index in [1.807, 2.05) is 0 Å². The third-order valence-corrected chi connectivity index (χ3v) is 1.72. The molecule has 0 aliphatic carbocycles. The number of hydrogen-bond acceptors (Lipinski definition) is 6. The fourth-order valence-electron chi connectivity index (χ4n) is 0.819. The van der Waals surface area contributed by atoms with Gasteiger partial charge in [-0.1, -0.05) is 0 Å². The summed E-state index contributed by atoms with van der Waals surface area (Å²) in [6.07, 6.45) is -3.18. The maximum absolute atomic E-state index is 11.2. The molecule has 0 saturated heterocycles. The molecule has 0 amide bonds. The van der Waals surface area contributed by atoms with Crippen molar-refractivity contribution >= 4 is 5.78 Å². The van der Waals surface area contributed by atoms with E-state index >= 15 is 0 Å². The summed E-state index contributed by atoms with van der Waals surface area (Å²) in [5.74, 6) is -0.744. The van der Waals surface area contributed by atoms with E-state index in [9.17, 15) is 4.79 Å². The van der Waals surface area contributed by atoms with Crippen molar-refractivity contribution in [1.29, 1.82) is 0 Å². The molecule has 0 aliphatic heterocycles. The summed E-state index contributed by atoms with van der Waals surface area (Å²) < 4.78 is 0. The molecule has 3 atom stereocenters. The van der Waals surface area contributed by atoms with Gasteiger partial charge in [-0.2, -0.15) is 0 Å². The van der Waals surface area contributed by atoms with Gasteiger partial charge in [-0.3, -0.25) is 4.79 Å². The van der Waals surface area contributed by atoms with Crippen molar-refractivity contribution in [1.82, 2.24) is 5.32 Å². The number of likely N-dealkylation sites (N-methyl/N-ethyl adjacent to an activating group) is 1. The van der Waals surface area contributed by atoms with Crippen LogP contribution >= 0.6 is 0 Å². The Kier molecular flexibility index (Phi) is 5.76. The van der Waals surface area contributed by atoms with E-state index in [1.54, 1.807) is 0 Å². The third kappa shape index (κ3) is 3.37. The van der Waals surface area contributed by atoms with Crippen LogP contribution < -0.4 is 5.32 Å². The zero-order valence-electron chi connectivity index (χ0n) is 7.34. The maximum Gasteiger partial charge on any atom is 0.183 e. The average Bonchev–Trinajstić information content (AvgIpc) is 2.17. The molecule has 13 heavy (non-hydrogen) atoms. The lowest BCUT2D eigenvalue weighted by Gasteiger charge is -2.19. The lowest BCUT2D eigenvalue weighted by atomic mass is 10.0. The summed E-state index contributed by atoms with van der Waals surface area (Å²) in [6.45, 7) is -1.17. The second-order valence-electron chi connectivity index (χ2n) is 2.62. The van der Waals surface area contributed by atoms with Crippen LogP contribution in [0.1, 0.15) is 0 Å². The second-order valence-corrected chi connectivity index (χ2v) is 2.62. The molecule has 0 rings (SSSR count). The lowest BCUT2D eigenvalue weighted by Crippen LogP contribution is -2.48. The number of carbonyl (C=O) groups excluding carboxylic acids is 1. The summed E-state index contributed by atoms with van der Waals surface area (Å²) >= 11 is 0. The predicted octanol–water partition coefficient (Wildman–Crippen LogP) is -3.15. The van der Waals surface area contributed by atoms with Crippen LogP contribution in [-0.2, 0) is 4.79 Å². The number of aliphatic hydroxyl groups excluding tert-OH is 4. The van der Waals surface area contributed by atoms with E-state index in [0.29, 0.717) is 0 Å². The smallest absolute Gasteiger partial charge is 0.183 e. The first kappa shape index (κ1) is 12.5. The Morgan fingerprint density at radius 2 is 1.85 bits per heavy atom. The van der Waals surface area contributed by atoms with Gasteiger partial charge in [0, 0.05) is 0 Å². The minimum absolute atomic E-state index is 0.468. The monoisotopic (exact) mass is 193 g/mol. The first-order valence-electron chi connectivity index (χ1n) is 3.87. The number of nitrogens with one attached hydrogen (secondary N) is 1. The van der Waals surface area contributed by atoms with E-state index < -0.39 is 37.2 Å². The molecule has 0 aliphatic rings. The first-order chi connectivity index (χ1) is 6.08. The second kappa shape index (κ2) is 6.01. The normalized spacial score (nSPS) is 17.9. The summed E-state index contributed by atoms with van der Waals surface area (Å²) in [5.41, 5.74) is 0. The van der Waals surface area contributed by atoms with E-state index in [1.165, 1.54) is 7.05 Å². The van der Waals surface area contributed by atoms with Crippen LogP contribution in [0.3, 0.4) is 0 Å². The van der Waals surface area contributed by atoms with Crippen molar-refractivity contribution in [3.8, 4) is 0 Å². The van der Waals surface area contributed by atoms with E-state index in [4.69, 9.17) is 20.4 Å². The molecule has 5 N–H and O–H groups in total. The van der Waals surface area contributed by atoms with Crippen molar-refractivity contribution in [2.45, 2.75) is 18.2 Å². The molecule has 0 bridgehead atoms. The van der Waals surface area contributed by atoms with Crippen molar-refractivity contribution < 1.29 is 25.2 Å². The molecule has 0 aromatic heterocycles. The van der Waals surface area contributed by atoms with Crippen molar-refractivity contribution in [2.24, 2.45) is 0 Å². The van der Waals surface area contributed by atoms with Crippen LogP contribution in [0.2, 0.25) is 0 Å². The largest absolute Gasteiger partial charge is 0.394 e. The summed E-state index contributed by atoms with van der Waals surface area (Å²) in [4.78, 5) is 11.2. The highest BCUT2D eigenvalue weighted by Crippen LogP contribution is 1.98. The number of carbonyl (C=O) groups is 1. The minimum Gasteiger partial charge on any atom is -0.394 e. The highest BCUT2D eigenvalue weighted by molar-refractivity contribution is 5.88. The summed E-state index contributed by atoms with van der Waals surface area (Å²) in [6, 6.07) is -0.920. The highest BCUT2D eigenvalue weighted by atomic mass is 16.4. The fraction of sp³-hybridized carbons (Fsp3) is 0.857. The van der Waals surface area contributed by atoms with Crippen LogP contribution in [0.15, 0.2) is 0 Å². The molecular weight excluding hydrogens is 178 g/mol. The summed E-state index contributed by atoms with van der Waals surface area (Å²) in [5, 5.41) is 37.6.